The van der Waals surface area contributed by atoms with Gasteiger partial charge in [-0.25, -0.2) is 0 Å². The summed E-state index contributed by atoms with van der Waals surface area (Å²) in [5, 5.41) is 9.34. The van der Waals surface area contributed by atoms with Crippen molar-refractivity contribution >= 4 is 12.1 Å². The highest BCUT2D eigenvalue weighted by Crippen LogP contribution is 2.21. The molecule has 13 heavy (non-hydrogen) atoms. The molecule has 0 saturated carbocycles. The van der Waals surface area contributed by atoms with Crippen LogP contribution < -0.4 is 0 Å². The van der Waals surface area contributed by atoms with Gasteiger partial charge in [0.15, 0.2) is 12.1 Å². The van der Waals surface area contributed by atoms with E-state index in [1.807, 2.05) is 0 Å². The molecular formula is C10H10O3. The van der Waals surface area contributed by atoms with Crippen molar-refractivity contribution in [2.45, 2.75) is 13.3 Å². The molecule has 1 rings (SSSR count). The van der Waals surface area contributed by atoms with Crippen LogP contribution in [0.2, 0.25) is 0 Å². The Labute approximate surface area is 76.0 Å². The Morgan fingerprint density at radius 3 is 2.77 bits per heavy atom. The van der Waals surface area contributed by atoms with Crippen molar-refractivity contribution in [1.82, 2.24) is 0 Å². The third kappa shape index (κ3) is 1.75. The number of carbonyl (C=O) groups excluding carboxylic acids is 2. The molecule has 0 atom stereocenters. The van der Waals surface area contributed by atoms with E-state index in [1.165, 1.54) is 18.2 Å². The molecule has 1 aromatic rings. The van der Waals surface area contributed by atoms with Gasteiger partial charge in [0.1, 0.15) is 5.75 Å². The van der Waals surface area contributed by atoms with Gasteiger partial charge in [-0.2, -0.15) is 0 Å². The van der Waals surface area contributed by atoms with Gasteiger partial charge in [0.05, 0.1) is 5.56 Å². The number of hydrogen-bond donors (Lipinski definition) is 1. The highest BCUT2D eigenvalue weighted by molar-refractivity contribution is 6.04. The zero-order valence-corrected chi connectivity index (χ0v) is 7.28. The molecule has 0 saturated heterocycles. The van der Waals surface area contributed by atoms with E-state index in [0.29, 0.717) is 6.29 Å². The molecule has 0 radical (unpaired) electrons. The summed E-state index contributed by atoms with van der Waals surface area (Å²) < 4.78 is 0. The van der Waals surface area contributed by atoms with E-state index in [4.69, 9.17) is 0 Å². The fraction of sp³-hybridized carbons (Fsp3) is 0.200. The van der Waals surface area contributed by atoms with Crippen LogP contribution in [-0.2, 0) is 0 Å². The standard InChI is InChI=1S/C10H10O3/c1-2-8(12)10-7(6-11)4-3-5-9(10)13/h3-6,13H,2H2,1H3. The number of hydrogen-bond acceptors (Lipinski definition) is 3. The van der Waals surface area contributed by atoms with Crippen LogP contribution in [0.3, 0.4) is 0 Å². The first-order chi connectivity index (χ1) is 6.20. The quantitative estimate of drug-likeness (QED) is 0.567. The van der Waals surface area contributed by atoms with Gasteiger partial charge in [-0.15, -0.1) is 0 Å². The number of phenolic OH excluding ortho intramolecular Hbond substituents is 1. The molecule has 0 unspecified atom stereocenters. The molecule has 3 nitrogen and oxygen atoms in total. The lowest BCUT2D eigenvalue weighted by Gasteiger charge is -2.03. The fourth-order valence-corrected chi connectivity index (χ4v) is 1.14. The van der Waals surface area contributed by atoms with Gasteiger partial charge in [-0.1, -0.05) is 19.1 Å². The van der Waals surface area contributed by atoms with E-state index in [2.05, 4.69) is 0 Å². The van der Waals surface area contributed by atoms with Gasteiger partial charge < -0.3 is 5.11 Å². The number of carbonyl (C=O) groups is 2. The van der Waals surface area contributed by atoms with E-state index in [0.717, 1.165) is 0 Å². The second kappa shape index (κ2) is 3.85. The molecule has 3 heteroatoms. The molecule has 0 aromatic heterocycles. The first-order valence-electron chi connectivity index (χ1n) is 4.01. The summed E-state index contributed by atoms with van der Waals surface area (Å²) >= 11 is 0. The molecule has 0 aliphatic rings. The first-order valence-corrected chi connectivity index (χ1v) is 4.01. The summed E-state index contributed by atoms with van der Waals surface area (Å²) in [6.45, 7) is 1.68. The predicted molar refractivity (Wildman–Crippen MR) is 48.1 cm³/mol. The lowest BCUT2D eigenvalue weighted by atomic mass is 10.0. The van der Waals surface area contributed by atoms with Crippen LogP contribution in [0.15, 0.2) is 18.2 Å². The van der Waals surface area contributed by atoms with E-state index in [-0.39, 0.29) is 29.1 Å². The number of rotatable bonds is 3. The topological polar surface area (TPSA) is 54.4 Å². The molecule has 0 fully saturated rings. The van der Waals surface area contributed by atoms with E-state index in [9.17, 15) is 14.7 Å². The monoisotopic (exact) mass is 178 g/mol. The number of aldehydes is 1. The summed E-state index contributed by atoms with van der Waals surface area (Å²) in [7, 11) is 0. The summed E-state index contributed by atoms with van der Waals surface area (Å²) in [5.74, 6) is -0.350. The maximum atomic E-state index is 11.3. The van der Waals surface area contributed by atoms with Gasteiger partial charge in [0.25, 0.3) is 0 Å². The Morgan fingerprint density at radius 1 is 1.54 bits per heavy atom. The summed E-state index contributed by atoms with van der Waals surface area (Å²) in [6, 6.07) is 4.44. The minimum atomic E-state index is -0.222. The molecule has 0 aliphatic carbocycles. The molecule has 0 heterocycles. The fourth-order valence-electron chi connectivity index (χ4n) is 1.14. The lowest BCUT2D eigenvalue weighted by Crippen LogP contribution is -2.01. The molecule has 68 valence electrons. The molecule has 0 amide bonds. The maximum absolute atomic E-state index is 11.3. The molecular weight excluding hydrogens is 168 g/mol. The van der Waals surface area contributed by atoms with Gasteiger partial charge >= 0.3 is 0 Å². The van der Waals surface area contributed by atoms with Crippen molar-refractivity contribution in [2.75, 3.05) is 0 Å². The molecule has 1 N–H and O–H groups in total. The lowest BCUT2D eigenvalue weighted by molar-refractivity contribution is 0.0978. The highest BCUT2D eigenvalue weighted by Gasteiger charge is 2.13. The van der Waals surface area contributed by atoms with Crippen molar-refractivity contribution in [3.8, 4) is 5.75 Å². The normalized spacial score (nSPS) is 9.62. The van der Waals surface area contributed by atoms with Crippen LogP contribution in [0, 0.1) is 0 Å². The van der Waals surface area contributed by atoms with Crippen LogP contribution in [-0.4, -0.2) is 17.2 Å². The van der Waals surface area contributed by atoms with Crippen LogP contribution in [0.4, 0.5) is 0 Å². The number of Topliss-reactive ketones (excluding diaryl/α,β-unsaturated/α-hetero) is 1. The molecule has 0 spiro atoms. The highest BCUT2D eigenvalue weighted by atomic mass is 16.3. The Morgan fingerprint density at radius 2 is 2.23 bits per heavy atom. The minimum absolute atomic E-state index is 0.125. The first kappa shape index (κ1) is 9.45. The van der Waals surface area contributed by atoms with Crippen LogP contribution in [0.1, 0.15) is 34.1 Å². The average Bonchev–Trinajstić information content (AvgIpc) is 2.16. The van der Waals surface area contributed by atoms with Crippen molar-refractivity contribution < 1.29 is 14.7 Å². The summed E-state index contributed by atoms with van der Waals surface area (Å²) in [5.41, 5.74) is 0.367. The Bertz CT molecular complexity index is 342. The molecule has 0 bridgehead atoms. The van der Waals surface area contributed by atoms with Crippen LogP contribution in [0.5, 0.6) is 5.75 Å². The van der Waals surface area contributed by atoms with Gasteiger partial charge in [0, 0.05) is 12.0 Å². The number of aromatic hydroxyl groups is 1. The number of ketones is 1. The second-order valence-electron chi connectivity index (χ2n) is 2.64. The average molecular weight is 178 g/mol. The predicted octanol–water partition coefficient (Wildman–Crippen LogP) is 1.80. The SMILES string of the molecule is CCC(=O)c1c(O)cccc1C=O. The van der Waals surface area contributed by atoms with Gasteiger partial charge in [0.2, 0.25) is 0 Å². The zero-order chi connectivity index (χ0) is 9.84. The second-order valence-corrected chi connectivity index (χ2v) is 2.64. The minimum Gasteiger partial charge on any atom is -0.507 e. The summed E-state index contributed by atoms with van der Waals surface area (Å²) in [4.78, 5) is 21.8. The van der Waals surface area contributed by atoms with Crippen LogP contribution >= 0.6 is 0 Å². The van der Waals surface area contributed by atoms with Gasteiger partial charge in [-0.3, -0.25) is 9.59 Å². The van der Waals surface area contributed by atoms with Crippen molar-refractivity contribution in [1.29, 1.82) is 0 Å². The van der Waals surface area contributed by atoms with Gasteiger partial charge in [-0.05, 0) is 6.07 Å². The Kier molecular flexibility index (Phi) is 2.80. The zero-order valence-electron chi connectivity index (χ0n) is 7.28. The van der Waals surface area contributed by atoms with Crippen molar-refractivity contribution in [2.24, 2.45) is 0 Å². The molecule has 0 aliphatic heterocycles. The van der Waals surface area contributed by atoms with E-state index in [1.54, 1.807) is 6.92 Å². The van der Waals surface area contributed by atoms with Crippen LogP contribution in [0.25, 0.3) is 0 Å². The third-order valence-corrected chi connectivity index (χ3v) is 1.80. The van der Waals surface area contributed by atoms with E-state index < -0.39 is 0 Å². The molecule has 1 aromatic carbocycles. The Balaban J connectivity index is 3.30. The number of benzene rings is 1. The van der Waals surface area contributed by atoms with Crippen molar-refractivity contribution in [3.05, 3.63) is 29.3 Å². The van der Waals surface area contributed by atoms with E-state index >= 15 is 0 Å². The third-order valence-electron chi connectivity index (χ3n) is 1.80. The Hall–Kier alpha value is -1.64. The maximum Gasteiger partial charge on any atom is 0.167 e. The summed E-state index contributed by atoms with van der Waals surface area (Å²) in [6.07, 6.45) is 0.848. The van der Waals surface area contributed by atoms with Crippen molar-refractivity contribution in [3.63, 3.8) is 0 Å². The smallest absolute Gasteiger partial charge is 0.167 e. The largest absolute Gasteiger partial charge is 0.507 e. The number of phenols is 1.